The van der Waals surface area contributed by atoms with Gasteiger partial charge in [0.2, 0.25) is 0 Å². The van der Waals surface area contributed by atoms with Crippen LogP contribution < -0.4 is 0 Å². The van der Waals surface area contributed by atoms with E-state index in [-0.39, 0.29) is 31.1 Å². The summed E-state index contributed by atoms with van der Waals surface area (Å²) in [5.74, 6) is -0.972. The summed E-state index contributed by atoms with van der Waals surface area (Å²) in [6.07, 6.45) is 60.0. The highest BCUT2D eigenvalue weighted by Gasteiger charge is 2.19. The third kappa shape index (κ3) is 45.5. The van der Waals surface area contributed by atoms with Gasteiger partial charge in [-0.05, 0) is 96.3 Å². The second-order valence-corrected chi connectivity index (χ2v) is 15.7. The van der Waals surface area contributed by atoms with Crippen LogP contribution in [-0.4, -0.2) is 37.2 Å². The zero-order valence-electron chi connectivity index (χ0n) is 38.2. The molecule has 0 N–H and O–H groups in total. The highest BCUT2D eigenvalue weighted by molar-refractivity contribution is 5.71. The summed E-state index contributed by atoms with van der Waals surface area (Å²) < 4.78 is 16.7. The minimum absolute atomic E-state index is 0.102. The van der Waals surface area contributed by atoms with Gasteiger partial charge in [-0.15, -0.1) is 0 Å². The van der Waals surface area contributed by atoms with E-state index in [1.54, 1.807) is 0 Å². The van der Waals surface area contributed by atoms with Gasteiger partial charge in [0.15, 0.2) is 6.10 Å². The van der Waals surface area contributed by atoms with Crippen molar-refractivity contribution in [2.45, 2.75) is 219 Å². The van der Waals surface area contributed by atoms with Gasteiger partial charge < -0.3 is 14.2 Å². The van der Waals surface area contributed by atoms with Crippen molar-refractivity contribution in [2.75, 3.05) is 13.2 Å². The Kier molecular flexibility index (Phi) is 44.5. The van der Waals surface area contributed by atoms with Crippen LogP contribution in [0.2, 0.25) is 0 Å². The third-order valence-electron chi connectivity index (χ3n) is 9.93. The molecular weight excluding hydrogens is 733 g/mol. The molecular formula is C53H88O6. The van der Waals surface area contributed by atoms with Crippen molar-refractivity contribution in [1.29, 1.82) is 0 Å². The summed E-state index contributed by atoms with van der Waals surface area (Å²) >= 11 is 0. The first kappa shape index (κ1) is 55.6. The monoisotopic (exact) mass is 821 g/mol. The average molecular weight is 821 g/mol. The van der Waals surface area contributed by atoms with Gasteiger partial charge in [-0.25, -0.2) is 0 Å². The molecule has 0 bridgehead atoms. The van der Waals surface area contributed by atoms with Crippen LogP contribution in [0.15, 0.2) is 85.1 Å². The molecule has 0 saturated heterocycles. The molecule has 0 saturated carbocycles. The van der Waals surface area contributed by atoms with Gasteiger partial charge in [0, 0.05) is 19.3 Å². The van der Waals surface area contributed by atoms with Gasteiger partial charge in [0.1, 0.15) is 13.2 Å². The largest absolute Gasteiger partial charge is 0.462 e. The van der Waals surface area contributed by atoms with Gasteiger partial charge in [-0.2, -0.15) is 0 Å². The van der Waals surface area contributed by atoms with E-state index >= 15 is 0 Å². The number of esters is 3. The van der Waals surface area contributed by atoms with E-state index in [1.165, 1.54) is 57.8 Å². The maximum Gasteiger partial charge on any atom is 0.306 e. The van der Waals surface area contributed by atoms with Crippen molar-refractivity contribution in [2.24, 2.45) is 0 Å². The molecule has 0 amide bonds. The Labute approximate surface area is 363 Å². The van der Waals surface area contributed by atoms with Gasteiger partial charge in [-0.3, -0.25) is 14.4 Å². The maximum absolute atomic E-state index is 12.7. The number of allylic oxidation sites excluding steroid dienone is 14. The van der Waals surface area contributed by atoms with Crippen LogP contribution in [0.5, 0.6) is 0 Å². The van der Waals surface area contributed by atoms with Crippen molar-refractivity contribution >= 4 is 17.9 Å². The molecule has 1 atom stereocenters. The van der Waals surface area contributed by atoms with Gasteiger partial charge in [-0.1, -0.05) is 183 Å². The van der Waals surface area contributed by atoms with Crippen LogP contribution in [0, 0.1) is 0 Å². The average Bonchev–Trinajstić information content (AvgIpc) is 3.23. The number of ether oxygens (including phenoxy) is 3. The Morgan fingerprint density at radius 1 is 0.373 bits per heavy atom. The Morgan fingerprint density at radius 3 is 1.19 bits per heavy atom. The topological polar surface area (TPSA) is 78.9 Å². The Hall–Kier alpha value is -3.41. The summed E-state index contributed by atoms with van der Waals surface area (Å²) in [5.41, 5.74) is 0. The van der Waals surface area contributed by atoms with Gasteiger partial charge in [0.05, 0.1) is 0 Å². The van der Waals surface area contributed by atoms with Crippen LogP contribution in [0.3, 0.4) is 0 Å². The molecule has 0 heterocycles. The smallest absolute Gasteiger partial charge is 0.306 e. The molecule has 0 spiro atoms. The second kappa shape index (κ2) is 47.3. The van der Waals surface area contributed by atoms with E-state index in [9.17, 15) is 14.4 Å². The van der Waals surface area contributed by atoms with Crippen molar-refractivity contribution in [3.8, 4) is 0 Å². The highest BCUT2D eigenvalue weighted by atomic mass is 16.6. The molecule has 0 aliphatic heterocycles. The summed E-state index contributed by atoms with van der Waals surface area (Å²) in [4.78, 5) is 37.8. The van der Waals surface area contributed by atoms with E-state index in [2.05, 4.69) is 106 Å². The predicted octanol–water partition coefficient (Wildman–Crippen LogP) is 15.6. The lowest BCUT2D eigenvalue weighted by atomic mass is 10.1. The second-order valence-electron chi connectivity index (χ2n) is 15.7. The zero-order valence-corrected chi connectivity index (χ0v) is 38.2. The molecule has 0 aromatic heterocycles. The summed E-state index contributed by atoms with van der Waals surface area (Å²) in [6.45, 7) is 6.32. The first-order valence-corrected chi connectivity index (χ1v) is 24.1. The van der Waals surface area contributed by atoms with Crippen LogP contribution in [0.1, 0.15) is 213 Å². The molecule has 0 aromatic carbocycles. The molecule has 336 valence electrons. The minimum atomic E-state index is -0.800. The van der Waals surface area contributed by atoms with E-state index in [0.717, 1.165) is 116 Å². The number of hydrogen-bond acceptors (Lipinski definition) is 6. The fourth-order valence-electron chi connectivity index (χ4n) is 6.34. The van der Waals surface area contributed by atoms with Crippen LogP contribution in [-0.2, 0) is 28.6 Å². The molecule has 0 aliphatic carbocycles. The van der Waals surface area contributed by atoms with Crippen LogP contribution >= 0.6 is 0 Å². The number of rotatable bonds is 42. The Morgan fingerprint density at radius 2 is 0.729 bits per heavy atom. The normalized spacial score (nSPS) is 12.8. The van der Waals surface area contributed by atoms with E-state index < -0.39 is 6.10 Å². The molecule has 6 heteroatoms. The maximum atomic E-state index is 12.7. The predicted molar refractivity (Wildman–Crippen MR) is 251 cm³/mol. The Balaban J connectivity index is 4.41. The number of carbonyl (C=O) groups is 3. The Bertz CT molecular complexity index is 1170. The van der Waals surface area contributed by atoms with Gasteiger partial charge >= 0.3 is 17.9 Å². The molecule has 0 aliphatic rings. The number of hydrogen-bond donors (Lipinski definition) is 0. The SMILES string of the molecule is CC/C=C\C/C=C\CCCCCCCCCC(=O)OC(COC(=O)CCCC/C=C\C/C=C\CC)COC(=O)CCCCCCC\C=C/C=C\C=C/CCCCCCC. The molecule has 0 rings (SSSR count). The van der Waals surface area contributed by atoms with Gasteiger partial charge in [0.25, 0.3) is 0 Å². The number of carbonyl (C=O) groups excluding carboxylic acids is 3. The highest BCUT2D eigenvalue weighted by Crippen LogP contribution is 2.13. The fraction of sp³-hybridized carbons (Fsp3) is 0.679. The zero-order chi connectivity index (χ0) is 43.0. The first-order chi connectivity index (χ1) is 29.0. The van der Waals surface area contributed by atoms with Crippen LogP contribution in [0.25, 0.3) is 0 Å². The molecule has 6 nitrogen and oxygen atoms in total. The number of unbranched alkanes of at least 4 members (excludes halogenated alkanes) is 19. The molecule has 0 fully saturated rings. The fourth-order valence-corrected chi connectivity index (χ4v) is 6.34. The minimum Gasteiger partial charge on any atom is -0.462 e. The van der Waals surface area contributed by atoms with Crippen molar-refractivity contribution in [3.05, 3.63) is 85.1 Å². The van der Waals surface area contributed by atoms with E-state index in [4.69, 9.17) is 14.2 Å². The molecule has 0 radical (unpaired) electrons. The summed E-state index contributed by atoms with van der Waals surface area (Å²) in [6, 6.07) is 0. The van der Waals surface area contributed by atoms with Crippen molar-refractivity contribution in [1.82, 2.24) is 0 Å². The first-order valence-electron chi connectivity index (χ1n) is 24.1. The lowest BCUT2D eigenvalue weighted by molar-refractivity contribution is -0.167. The van der Waals surface area contributed by atoms with Crippen molar-refractivity contribution < 1.29 is 28.6 Å². The standard InChI is InChI=1S/C53H88O6/c1-4-7-10-13-16-19-21-23-25-26-27-28-30-31-34-37-40-43-46-52(55)58-49-50(48-57-51(54)45-42-39-36-33-18-15-12-9-6-3)59-53(56)47-44-41-38-35-32-29-24-22-20-17-14-11-8-5-2/h8-9,11-12,17-18,20-21,23,25-28,33,50H,4-7,10,13-16,19,22,24,29-32,34-49H2,1-3H3/b11-8-,12-9-,20-17-,23-21-,26-25-,28-27-,33-18-. The molecule has 59 heavy (non-hydrogen) atoms. The molecule has 0 aromatic rings. The lowest BCUT2D eigenvalue weighted by Gasteiger charge is -2.18. The quantitative estimate of drug-likeness (QED) is 0.0201. The van der Waals surface area contributed by atoms with Crippen LogP contribution in [0.4, 0.5) is 0 Å². The van der Waals surface area contributed by atoms with E-state index in [0.29, 0.717) is 19.3 Å². The third-order valence-corrected chi connectivity index (χ3v) is 9.93. The van der Waals surface area contributed by atoms with Crippen molar-refractivity contribution in [3.63, 3.8) is 0 Å². The summed E-state index contributed by atoms with van der Waals surface area (Å²) in [5, 5.41) is 0. The molecule has 1 unspecified atom stereocenters. The van der Waals surface area contributed by atoms with E-state index in [1.807, 2.05) is 0 Å². The lowest BCUT2D eigenvalue weighted by Crippen LogP contribution is -2.30. The summed E-state index contributed by atoms with van der Waals surface area (Å²) in [7, 11) is 0.